The Morgan fingerprint density at radius 3 is 2.49 bits per heavy atom. The number of fused-ring (bicyclic) bond motifs is 3. The lowest BCUT2D eigenvalue weighted by atomic mass is 9.70. The van der Waals surface area contributed by atoms with Gasteiger partial charge in [0, 0.05) is 24.2 Å². The van der Waals surface area contributed by atoms with E-state index >= 15 is 0 Å². The third kappa shape index (κ3) is 5.42. The van der Waals surface area contributed by atoms with Crippen molar-refractivity contribution in [2.45, 2.75) is 90.2 Å². The number of nitrogens with zero attached hydrogens (tertiary/aromatic N) is 1. The van der Waals surface area contributed by atoms with E-state index in [1.54, 1.807) is 12.3 Å². The van der Waals surface area contributed by atoms with Crippen molar-refractivity contribution < 1.29 is 23.9 Å². The summed E-state index contributed by atoms with van der Waals surface area (Å²) in [6, 6.07) is 7.35. The second-order valence-electron chi connectivity index (χ2n) is 13.7. The third-order valence-electron chi connectivity index (χ3n) is 10.7. The smallest absolute Gasteiger partial charge is 0.311 e. The number of carbonyl (C=O) groups is 3. The molecule has 4 atom stereocenters. The molecule has 0 radical (unpaired) electrons. The van der Waals surface area contributed by atoms with E-state index in [9.17, 15) is 14.4 Å². The first-order valence-corrected chi connectivity index (χ1v) is 15.4. The van der Waals surface area contributed by atoms with E-state index in [2.05, 4.69) is 22.5 Å². The van der Waals surface area contributed by atoms with Crippen LogP contribution in [0.5, 0.6) is 5.75 Å². The van der Waals surface area contributed by atoms with E-state index in [-0.39, 0.29) is 41.3 Å². The van der Waals surface area contributed by atoms with Gasteiger partial charge in [0.05, 0.1) is 35.6 Å². The van der Waals surface area contributed by atoms with Gasteiger partial charge >= 0.3 is 5.97 Å². The van der Waals surface area contributed by atoms with Gasteiger partial charge in [-0.15, -0.1) is 0 Å². The van der Waals surface area contributed by atoms with Crippen molar-refractivity contribution in [3.05, 3.63) is 36.0 Å². The standard InChI is InChI=1S/C33H43N3O5/c1-32(11-5-12-32)19-35-30(38)26-20-7-8-22(16-20)28(26)36-29(37)25-18-24(17-21-6-4-15-34-27(21)25)41-23-9-13-33(2,14-10-23)31(39)40-3/h4,6,15,17-18,20,22-23,26,28H,5,7-14,16,19H2,1-3H3,(H,35,38)(H,36,37)/t20-,22+,23-,26+,28-,33+/m1/s1. The van der Waals surface area contributed by atoms with Crippen LogP contribution in [0.3, 0.4) is 0 Å². The quantitative estimate of drug-likeness (QED) is 0.430. The molecule has 4 saturated carbocycles. The largest absolute Gasteiger partial charge is 0.490 e. The predicted molar refractivity (Wildman–Crippen MR) is 155 cm³/mol. The SMILES string of the molecule is COC(=O)[C@]1(C)CC[C@H](Oc2cc(C(=O)N[C@@H]3[C@H]4CC[C@H](C4)[C@@H]3C(=O)NCC3(C)CCC3)c3ncccc3c2)CC1. The van der Waals surface area contributed by atoms with Crippen LogP contribution in [-0.2, 0) is 14.3 Å². The number of methoxy groups -OCH3 is 1. The molecule has 8 nitrogen and oxygen atoms in total. The van der Waals surface area contributed by atoms with Gasteiger partial charge in [-0.05, 0) is 100 Å². The lowest BCUT2D eigenvalue weighted by Crippen LogP contribution is -2.51. The van der Waals surface area contributed by atoms with Crippen molar-refractivity contribution in [3.63, 3.8) is 0 Å². The summed E-state index contributed by atoms with van der Waals surface area (Å²) in [7, 11) is 1.44. The Kier molecular flexibility index (Phi) is 7.45. The first kappa shape index (κ1) is 28.0. The lowest BCUT2D eigenvalue weighted by molar-refractivity contribution is -0.154. The Bertz CT molecular complexity index is 1330. The van der Waals surface area contributed by atoms with Crippen LogP contribution in [0.2, 0.25) is 0 Å². The Morgan fingerprint density at radius 2 is 1.78 bits per heavy atom. The van der Waals surface area contributed by atoms with Gasteiger partial charge in [-0.25, -0.2) is 0 Å². The molecule has 0 aliphatic heterocycles. The summed E-state index contributed by atoms with van der Waals surface area (Å²) in [4.78, 5) is 44.1. The van der Waals surface area contributed by atoms with Gasteiger partial charge in [0.15, 0.2) is 0 Å². The number of aromatic nitrogens is 1. The number of nitrogens with one attached hydrogen (secondary N) is 2. The Morgan fingerprint density at radius 1 is 1.02 bits per heavy atom. The number of amides is 2. The molecule has 220 valence electrons. The van der Waals surface area contributed by atoms with Crippen molar-refractivity contribution in [1.82, 2.24) is 15.6 Å². The van der Waals surface area contributed by atoms with Gasteiger partial charge in [-0.2, -0.15) is 0 Å². The molecule has 1 heterocycles. The lowest BCUT2D eigenvalue weighted by Gasteiger charge is -2.39. The molecular formula is C33H43N3O5. The van der Waals surface area contributed by atoms with Crippen LogP contribution in [0.15, 0.2) is 30.5 Å². The number of rotatable bonds is 8. The van der Waals surface area contributed by atoms with Crippen LogP contribution in [0, 0.1) is 28.6 Å². The molecular weight excluding hydrogens is 518 g/mol. The van der Waals surface area contributed by atoms with E-state index in [4.69, 9.17) is 9.47 Å². The van der Waals surface area contributed by atoms with Crippen LogP contribution in [-0.4, -0.2) is 48.6 Å². The monoisotopic (exact) mass is 561 g/mol. The minimum absolute atomic E-state index is 0.0473. The summed E-state index contributed by atoms with van der Waals surface area (Å²) >= 11 is 0. The van der Waals surface area contributed by atoms with Gasteiger partial charge in [0.2, 0.25) is 5.91 Å². The number of pyridine rings is 1. The summed E-state index contributed by atoms with van der Waals surface area (Å²) < 4.78 is 11.4. The molecule has 0 spiro atoms. The van der Waals surface area contributed by atoms with Crippen LogP contribution in [0.25, 0.3) is 10.9 Å². The molecule has 4 fully saturated rings. The summed E-state index contributed by atoms with van der Waals surface area (Å²) in [6.07, 6.45) is 11.2. The fraction of sp³-hybridized carbons (Fsp3) is 0.636. The van der Waals surface area contributed by atoms with Crippen molar-refractivity contribution in [2.75, 3.05) is 13.7 Å². The highest BCUT2D eigenvalue weighted by atomic mass is 16.5. The van der Waals surface area contributed by atoms with Gasteiger partial charge < -0.3 is 20.1 Å². The maximum atomic E-state index is 13.9. The minimum atomic E-state index is -0.480. The first-order chi connectivity index (χ1) is 19.7. The third-order valence-corrected chi connectivity index (χ3v) is 10.7. The summed E-state index contributed by atoms with van der Waals surface area (Å²) in [6.45, 7) is 4.92. The second-order valence-corrected chi connectivity index (χ2v) is 13.7. The molecule has 4 aliphatic carbocycles. The van der Waals surface area contributed by atoms with Gasteiger partial charge in [0.1, 0.15) is 5.75 Å². The number of benzene rings is 1. The number of hydrogen-bond acceptors (Lipinski definition) is 6. The zero-order valence-corrected chi connectivity index (χ0v) is 24.5. The maximum absolute atomic E-state index is 13.9. The highest BCUT2D eigenvalue weighted by Crippen LogP contribution is 2.49. The van der Waals surface area contributed by atoms with Crippen LogP contribution in [0.4, 0.5) is 0 Å². The fourth-order valence-corrected chi connectivity index (χ4v) is 7.88. The van der Waals surface area contributed by atoms with E-state index in [0.29, 0.717) is 48.1 Å². The molecule has 2 bridgehead atoms. The summed E-state index contributed by atoms with van der Waals surface area (Å²) in [5.74, 6) is 0.797. The molecule has 41 heavy (non-hydrogen) atoms. The number of hydrogen-bond donors (Lipinski definition) is 2. The van der Waals surface area contributed by atoms with Crippen LogP contribution < -0.4 is 15.4 Å². The highest BCUT2D eigenvalue weighted by molar-refractivity contribution is 6.06. The van der Waals surface area contributed by atoms with E-state index in [1.807, 2.05) is 25.1 Å². The van der Waals surface area contributed by atoms with Gasteiger partial charge in [-0.3, -0.25) is 19.4 Å². The van der Waals surface area contributed by atoms with E-state index in [0.717, 1.165) is 50.3 Å². The molecule has 1 aromatic carbocycles. The normalized spacial score (nSPS) is 31.7. The number of carbonyl (C=O) groups excluding carboxylic acids is 3. The topological polar surface area (TPSA) is 107 Å². The van der Waals surface area contributed by atoms with Crippen molar-refractivity contribution in [1.29, 1.82) is 0 Å². The molecule has 2 amide bonds. The van der Waals surface area contributed by atoms with Gasteiger partial charge in [-0.1, -0.05) is 19.4 Å². The zero-order valence-electron chi connectivity index (χ0n) is 24.5. The minimum Gasteiger partial charge on any atom is -0.490 e. The van der Waals surface area contributed by atoms with E-state index in [1.165, 1.54) is 13.5 Å². The number of ether oxygens (including phenoxy) is 2. The van der Waals surface area contributed by atoms with Crippen molar-refractivity contribution in [2.24, 2.45) is 28.6 Å². The average molecular weight is 562 g/mol. The van der Waals surface area contributed by atoms with Crippen LogP contribution in [0.1, 0.15) is 88.4 Å². The zero-order chi connectivity index (χ0) is 28.8. The summed E-state index contributed by atoms with van der Waals surface area (Å²) in [5.41, 5.74) is 0.831. The first-order valence-electron chi connectivity index (χ1n) is 15.4. The second kappa shape index (κ2) is 10.9. The van der Waals surface area contributed by atoms with Crippen LogP contribution >= 0.6 is 0 Å². The Hall–Kier alpha value is -3.16. The molecule has 6 rings (SSSR count). The molecule has 0 saturated heterocycles. The van der Waals surface area contributed by atoms with Gasteiger partial charge in [0.25, 0.3) is 5.91 Å². The Labute approximate surface area is 242 Å². The predicted octanol–water partition coefficient (Wildman–Crippen LogP) is 5.19. The maximum Gasteiger partial charge on any atom is 0.311 e. The summed E-state index contributed by atoms with van der Waals surface area (Å²) in [5, 5.41) is 7.37. The number of esters is 1. The van der Waals surface area contributed by atoms with E-state index < -0.39 is 5.41 Å². The molecule has 0 unspecified atom stereocenters. The molecule has 1 aromatic heterocycles. The molecule has 2 N–H and O–H groups in total. The fourth-order valence-electron chi connectivity index (χ4n) is 7.88. The highest BCUT2D eigenvalue weighted by Gasteiger charge is 2.51. The average Bonchev–Trinajstić information content (AvgIpc) is 3.57. The molecule has 4 aliphatic rings. The molecule has 2 aromatic rings. The molecule has 8 heteroatoms. The van der Waals surface area contributed by atoms with Crippen molar-refractivity contribution in [3.8, 4) is 5.75 Å². The Balaban J connectivity index is 1.18. The van der Waals surface area contributed by atoms with Crippen molar-refractivity contribution >= 4 is 28.7 Å².